The van der Waals surface area contributed by atoms with Gasteiger partial charge in [0.15, 0.2) is 5.82 Å². The van der Waals surface area contributed by atoms with Gasteiger partial charge in [0.05, 0.1) is 5.69 Å². The normalized spacial score (nSPS) is 15.7. The van der Waals surface area contributed by atoms with Crippen molar-refractivity contribution in [1.29, 1.82) is 0 Å². The van der Waals surface area contributed by atoms with Gasteiger partial charge in [-0.1, -0.05) is 18.0 Å². The summed E-state index contributed by atoms with van der Waals surface area (Å²) in [7, 11) is 0. The molecule has 31 heavy (non-hydrogen) atoms. The number of aromatic amines is 1. The Morgan fingerprint density at radius 3 is 2.71 bits per heavy atom. The van der Waals surface area contributed by atoms with Crippen molar-refractivity contribution in [3.05, 3.63) is 64.3 Å². The number of amides is 1. The average Bonchev–Trinajstić information content (AvgIpc) is 3.20. The maximum absolute atomic E-state index is 14.7. The average molecular weight is 445 g/mol. The lowest BCUT2D eigenvalue weighted by atomic mass is 10.0. The lowest BCUT2D eigenvalue weighted by Crippen LogP contribution is -2.50. The highest BCUT2D eigenvalue weighted by molar-refractivity contribution is 6.30. The Morgan fingerprint density at radius 1 is 1.13 bits per heavy atom. The first-order valence-corrected chi connectivity index (χ1v) is 10.4. The first kappa shape index (κ1) is 20.0. The van der Waals surface area contributed by atoms with Crippen LogP contribution in [-0.4, -0.2) is 34.2 Å². The molecule has 0 saturated carbocycles. The number of halogens is 3. The van der Waals surface area contributed by atoms with E-state index in [1.807, 2.05) is 0 Å². The Balaban J connectivity index is 1.57. The largest absolute Gasteiger partial charge is 0.488 e. The number of piperidine rings is 1. The third-order valence-corrected chi connectivity index (χ3v) is 5.83. The first-order valence-electron chi connectivity index (χ1n) is 10.1. The second kappa shape index (κ2) is 7.94. The maximum atomic E-state index is 14.7. The number of hydrazine groups is 1. The Morgan fingerprint density at radius 2 is 1.94 bits per heavy atom. The molecule has 0 radical (unpaired) electrons. The van der Waals surface area contributed by atoms with Gasteiger partial charge < -0.3 is 4.74 Å². The molecule has 0 bridgehead atoms. The fourth-order valence-electron chi connectivity index (χ4n) is 4.09. The highest BCUT2D eigenvalue weighted by atomic mass is 35.5. The predicted octanol–water partition coefficient (Wildman–Crippen LogP) is 4.95. The van der Waals surface area contributed by atoms with Crippen LogP contribution in [-0.2, 0) is 6.61 Å². The van der Waals surface area contributed by atoms with E-state index in [-0.39, 0.29) is 18.0 Å². The molecule has 3 aromatic rings. The van der Waals surface area contributed by atoms with Crippen LogP contribution < -0.4 is 9.75 Å². The number of benzene rings is 2. The molecule has 2 aliphatic rings. The van der Waals surface area contributed by atoms with Crippen LogP contribution in [0.2, 0.25) is 5.02 Å². The standard InChI is InChI=1S/C22H19ClF2N4O2/c23-13-4-6-15-19(10-13)31-12-16-20(15)26-27-21(16)22(30)29(28-8-2-1-3-9-28)18-7-5-14(24)11-17(18)25/h4-7,10-11H,1-3,8-9,12H2,(H,26,27). The van der Waals surface area contributed by atoms with Crippen molar-refractivity contribution in [3.8, 4) is 17.0 Å². The van der Waals surface area contributed by atoms with E-state index in [0.717, 1.165) is 37.0 Å². The van der Waals surface area contributed by atoms with Gasteiger partial charge in [-0.2, -0.15) is 5.10 Å². The van der Waals surface area contributed by atoms with Crippen LogP contribution in [0.1, 0.15) is 35.3 Å². The van der Waals surface area contributed by atoms with E-state index in [4.69, 9.17) is 16.3 Å². The molecule has 2 aliphatic heterocycles. The molecule has 6 nitrogen and oxygen atoms in total. The summed E-state index contributed by atoms with van der Waals surface area (Å²) in [5.74, 6) is -1.39. The number of carbonyl (C=O) groups is 1. The topological polar surface area (TPSA) is 61.5 Å². The number of ether oxygens (including phenoxy) is 1. The van der Waals surface area contributed by atoms with Gasteiger partial charge in [-0.05, 0) is 43.2 Å². The zero-order valence-corrected chi connectivity index (χ0v) is 17.3. The lowest BCUT2D eigenvalue weighted by Gasteiger charge is -2.37. The van der Waals surface area contributed by atoms with E-state index in [0.29, 0.717) is 35.1 Å². The van der Waals surface area contributed by atoms with Gasteiger partial charge in [-0.15, -0.1) is 0 Å². The fraction of sp³-hybridized carbons (Fsp3) is 0.273. The summed E-state index contributed by atoms with van der Waals surface area (Å²) in [5.41, 5.74) is 2.12. The number of nitrogens with zero attached hydrogens (tertiary/aromatic N) is 3. The highest BCUT2D eigenvalue weighted by Crippen LogP contribution is 2.39. The first-order chi connectivity index (χ1) is 15.0. The van der Waals surface area contributed by atoms with Crippen LogP contribution in [0.25, 0.3) is 11.3 Å². The Bertz CT molecular complexity index is 1160. The minimum absolute atomic E-state index is 0.000518. The number of fused-ring (bicyclic) bond motifs is 3. The molecule has 0 atom stereocenters. The molecule has 1 fully saturated rings. The van der Waals surface area contributed by atoms with Gasteiger partial charge in [0.1, 0.15) is 29.6 Å². The smallest absolute Gasteiger partial charge is 0.291 e. The molecule has 9 heteroatoms. The molecule has 160 valence electrons. The van der Waals surface area contributed by atoms with Crippen LogP contribution in [0.15, 0.2) is 36.4 Å². The van der Waals surface area contributed by atoms with Crippen molar-refractivity contribution in [2.24, 2.45) is 0 Å². The fourth-order valence-corrected chi connectivity index (χ4v) is 4.25. The molecule has 1 saturated heterocycles. The number of nitrogens with one attached hydrogen (secondary N) is 1. The number of carbonyl (C=O) groups excluding carboxylic acids is 1. The van der Waals surface area contributed by atoms with Gasteiger partial charge in [-0.3, -0.25) is 9.89 Å². The third-order valence-electron chi connectivity index (χ3n) is 5.60. The van der Waals surface area contributed by atoms with Gasteiger partial charge >= 0.3 is 0 Å². The summed E-state index contributed by atoms with van der Waals surface area (Å²) in [5, 5.41) is 10.8. The molecule has 1 N–H and O–H groups in total. The molecule has 1 aromatic heterocycles. The summed E-state index contributed by atoms with van der Waals surface area (Å²) < 4.78 is 34.0. The second-order valence-electron chi connectivity index (χ2n) is 7.58. The number of H-pyrrole nitrogens is 1. The van der Waals surface area contributed by atoms with Crippen molar-refractivity contribution in [2.75, 3.05) is 18.1 Å². The molecule has 1 amide bonds. The number of aromatic nitrogens is 2. The zero-order chi connectivity index (χ0) is 21.5. The molecule has 5 rings (SSSR count). The number of hydrogen-bond acceptors (Lipinski definition) is 4. The summed E-state index contributed by atoms with van der Waals surface area (Å²) in [6.45, 7) is 1.31. The summed E-state index contributed by atoms with van der Waals surface area (Å²) >= 11 is 6.04. The van der Waals surface area contributed by atoms with Crippen molar-refractivity contribution < 1.29 is 18.3 Å². The molecule has 0 aliphatic carbocycles. The van der Waals surface area contributed by atoms with Crippen LogP contribution in [0, 0.1) is 11.6 Å². The van der Waals surface area contributed by atoms with Crippen molar-refractivity contribution >= 4 is 23.2 Å². The van der Waals surface area contributed by atoms with Crippen LogP contribution in [0.3, 0.4) is 0 Å². The molecule has 2 aromatic carbocycles. The highest BCUT2D eigenvalue weighted by Gasteiger charge is 2.33. The third kappa shape index (κ3) is 3.55. The van der Waals surface area contributed by atoms with Crippen molar-refractivity contribution in [2.45, 2.75) is 25.9 Å². The Hall–Kier alpha value is -2.97. The van der Waals surface area contributed by atoms with Crippen LogP contribution in [0.4, 0.5) is 14.5 Å². The summed E-state index contributed by atoms with van der Waals surface area (Å²) in [4.78, 5) is 13.7. The number of rotatable bonds is 3. The molecule has 0 unspecified atom stereocenters. The molecule has 3 heterocycles. The number of hydrogen-bond donors (Lipinski definition) is 1. The van der Waals surface area contributed by atoms with E-state index in [1.165, 1.54) is 11.1 Å². The predicted molar refractivity (Wildman–Crippen MR) is 112 cm³/mol. The van der Waals surface area contributed by atoms with Crippen molar-refractivity contribution in [1.82, 2.24) is 15.2 Å². The molecular weight excluding hydrogens is 426 g/mol. The van der Waals surface area contributed by atoms with E-state index < -0.39 is 17.5 Å². The number of anilines is 1. The van der Waals surface area contributed by atoms with E-state index in [2.05, 4.69) is 10.2 Å². The zero-order valence-electron chi connectivity index (χ0n) is 16.5. The summed E-state index contributed by atoms with van der Waals surface area (Å²) in [6, 6.07) is 8.42. The van der Waals surface area contributed by atoms with Gasteiger partial charge in [0, 0.05) is 35.3 Å². The molecular formula is C22H19ClF2N4O2. The van der Waals surface area contributed by atoms with E-state index in [1.54, 1.807) is 23.2 Å². The summed E-state index contributed by atoms with van der Waals surface area (Å²) in [6.07, 6.45) is 2.80. The minimum Gasteiger partial charge on any atom is -0.488 e. The van der Waals surface area contributed by atoms with E-state index in [9.17, 15) is 13.6 Å². The Kier molecular flexibility index (Phi) is 5.11. The Labute approximate surface area is 182 Å². The monoisotopic (exact) mass is 444 g/mol. The lowest BCUT2D eigenvalue weighted by molar-refractivity contribution is 0.0862. The maximum Gasteiger partial charge on any atom is 0.291 e. The van der Waals surface area contributed by atoms with E-state index >= 15 is 0 Å². The minimum atomic E-state index is -0.802. The van der Waals surface area contributed by atoms with Crippen LogP contribution >= 0.6 is 11.6 Å². The van der Waals surface area contributed by atoms with Crippen molar-refractivity contribution in [3.63, 3.8) is 0 Å². The quantitative estimate of drug-likeness (QED) is 0.621. The van der Waals surface area contributed by atoms with Gasteiger partial charge in [0.2, 0.25) is 0 Å². The SMILES string of the molecule is O=C(c1[nH]nc2c1COc1cc(Cl)ccc1-2)N(c1ccc(F)cc1F)N1CCCCC1. The van der Waals surface area contributed by atoms with Gasteiger partial charge in [0.25, 0.3) is 5.91 Å². The second-order valence-corrected chi connectivity index (χ2v) is 8.02. The molecule has 0 spiro atoms. The van der Waals surface area contributed by atoms with Gasteiger partial charge in [-0.25, -0.2) is 18.8 Å². The van der Waals surface area contributed by atoms with Crippen LogP contribution in [0.5, 0.6) is 5.75 Å².